The second-order valence-corrected chi connectivity index (χ2v) is 1.65. The third kappa shape index (κ3) is 3.65. The molecule has 0 bridgehead atoms. The van der Waals surface area contributed by atoms with Crippen molar-refractivity contribution in [2.45, 2.75) is 6.92 Å². The minimum atomic E-state index is -1.02. The molecule has 0 fully saturated rings. The van der Waals surface area contributed by atoms with E-state index in [1.807, 2.05) is 0 Å². The van der Waals surface area contributed by atoms with Crippen LogP contribution in [-0.4, -0.2) is 23.3 Å². The number of nitrogens with zero attached hydrogens (tertiary/aromatic N) is 1. The maximum atomic E-state index is 10.1. The number of carbonyl (C=O) groups is 1. The first-order valence-electron chi connectivity index (χ1n) is 2.79. The van der Waals surface area contributed by atoms with Crippen LogP contribution in [0.4, 0.5) is 0 Å². The molecule has 0 saturated heterocycles. The first-order valence-corrected chi connectivity index (χ1v) is 2.79. The van der Waals surface area contributed by atoms with E-state index in [1.54, 1.807) is 6.08 Å². The van der Waals surface area contributed by atoms with Crippen LogP contribution in [0, 0.1) is 0 Å². The lowest BCUT2D eigenvalue weighted by Gasteiger charge is -1.93. The second kappa shape index (κ2) is 4.55. The van der Waals surface area contributed by atoms with Gasteiger partial charge < -0.3 is 10.5 Å². The number of hydrogen-bond donors (Lipinski definition) is 2. The van der Waals surface area contributed by atoms with Gasteiger partial charge in [0.25, 0.3) is 0 Å². The Hall–Kier alpha value is -1.32. The van der Waals surface area contributed by atoms with E-state index < -0.39 is 5.97 Å². The van der Waals surface area contributed by atoms with E-state index in [0.29, 0.717) is 6.54 Å². The SMILES string of the molecule is C=CCNN=C(C)C(=O)O. The van der Waals surface area contributed by atoms with Crippen molar-refractivity contribution in [3.05, 3.63) is 12.7 Å². The molecule has 0 spiro atoms. The van der Waals surface area contributed by atoms with Crippen molar-refractivity contribution in [2.75, 3.05) is 6.54 Å². The molecule has 0 saturated carbocycles. The lowest BCUT2D eigenvalue weighted by atomic mass is 10.4. The van der Waals surface area contributed by atoms with Crippen molar-refractivity contribution in [3.8, 4) is 0 Å². The molecule has 0 rings (SSSR count). The average Bonchev–Trinajstić information content (AvgIpc) is 1.88. The molecule has 0 heterocycles. The molecule has 0 aromatic carbocycles. The van der Waals surface area contributed by atoms with Gasteiger partial charge in [0.05, 0.1) is 6.54 Å². The molecule has 4 heteroatoms. The summed E-state index contributed by atoms with van der Waals surface area (Å²) in [6.45, 7) is 5.32. The summed E-state index contributed by atoms with van der Waals surface area (Å²) in [5.74, 6) is -1.02. The number of aliphatic carboxylic acids is 1. The van der Waals surface area contributed by atoms with Crippen molar-refractivity contribution in [1.82, 2.24) is 5.43 Å². The van der Waals surface area contributed by atoms with E-state index in [1.165, 1.54) is 6.92 Å². The summed E-state index contributed by atoms with van der Waals surface area (Å²) in [6.07, 6.45) is 1.60. The monoisotopic (exact) mass is 142 g/mol. The Bertz CT molecular complexity index is 163. The molecular formula is C6H10N2O2. The molecule has 10 heavy (non-hydrogen) atoms. The van der Waals surface area contributed by atoms with Crippen molar-refractivity contribution in [2.24, 2.45) is 5.10 Å². The summed E-state index contributed by atoms with van der Waals surface area (Å²) in [6, 6.07) is 0. The van der Waals surface area contributed by atoms with Gasteiger partial charge in [-0.05, 0) is 6.92 Å². The summed E-state index contributed by atoms with van der Waals surface area (Å²) >= 11 is 0. The van der Waals surface area contributed by atoms with Crippen LogP contribution in [0.5, 0.6) is 0 Å². The topological polar surface area (TPSA) is 61.7 Å². The van der Waals surface area contributed by atoms with E-state index in [-0.39, 0.29) is 5.71 Å². The lowest BCUT2D eigenvalue weighted by Crippen LogP contribution is -2.14. The molecule has 0 aromatic rings. The average molecular weight is 142 g/mol. The number of hydrogen-bond acceptors (Lipinski definition) is 3. The largest absolute Gasteiger partial charge is 0.477 e. The minimum absolute atomic E-state index is 0.0434. The Morgan fingerprint density at radius 2 is 2.50 bits per heavy atom. The van der Waals surface area contributed by atoms with Gasteiger partial charge in [-0.15, -0.1) is 6.58 Å². The Morgan fingerprint density at radius 3 is 2.90 bits per heavy atom. The summed E-state index contributed by atoms with van der Waals surface area (Å²) in [7, 11) is 0. The molecule has 0 aliphatic carbocycles. The third-order valence-electron chi connectivity index (χ3n) is 0.792. The van der Waals surface area contributed by atoms with E-state index in [2.05, 4.69) is 17.1 Å². The molecule has 0 radical (unpaired) electrons. The predicted molar refractivity (Wildman–Crippen MR) is 38.9 cm³/mol. The summed E-state index contributed by atoms with van der Waals surface area (Å²) in [5.41, 5.74) is 2.55. The van der Waals surface area contributed by atoms with E-state index in [9.17, 15) is 4.79 Å². The third-order valence-corrected chi connectivity index (χ3v) is 0.792. The maximum absolute atomic E-state index is 10.1. The molecular weight excluding hydrogens is 132 g/mol. The van der Waals surface area contributed by atoms with Gasteiger partial charge in [0.15, 0.2) is 0 Å². The summed E-state index contributed by atoms with van der Waals surface area (Å²) in [4.78, 5) is 10.1. The predicted octanol–water partition coefficient (Wildman–Crippen LogP) is 0.223. The fourth-order valence-corrected chi connectivity index (χ4v) is 0.277. The van der Waals surface area contributed by atoms with Gasteiger partial charge >= 0.3 is 5.97 Å². The van der Waals surface area contributed by atoms with E-state index in [4.69, 9.17) is 5.11 Å². The molecule has 56 valence electrons. The quantitative estimate of drug-likeness (QED) is 0.255. The van der Waals surface area contributed by atoms with Crippen LogP contribution in [0.1, 0.15) is 6.92 Å². The molecule has 0 unspecified atom stereocenters. The van der Waals surface area contributed by atoms with Crippen molar-refractivity contribution < 1.29 is 9.90 Å². The standard InChI is InChI=1S/C6H10N2O2/c1-3-4-7-8-5(2)6(9)10/h3,7H,1,4H2,2H3,(H,9,10). The zero-order chi connectivity index (χ0) is 7.98. The summed E-state index contributed by atoms with van der Waals surface area (Å²) in [5, 5.41) is 11.8. The minimum Gasteiger partial charge on any atom is -0.477 e. The molecule has 0 aromatic heterocycles. The van der Waals surface area contributed by atoms with Gasteiger partial charge in [-0.3, -0.25) is 0 Å². The lowest BCUT2D eigenvalue weighted by molar-refractivity contribution is -0.129. The molecule has 2 N–H and O–H groups in total. The number of carboxylic acid groups (broad SMARTS) is 1. The Morgan fingerprint density at radius 1 is 1.90 bits per heavy atom. The van der Waals surface area contributed by atoms with Crippen LogP contribution in [-0.2, 0) is 4.79 Å². The number of carboxylic acids is 1. The van der Waals surface area contributed by atoms with Gasteiger partial charge in [0.2, 0.25) is 0 Å². The highest BCUT2D eigenvalue weighted by atomic mass is 16.4. The fourth-order valence-electron chi connectivity index (χ4n) is 0.277. The van der Waals surface area contributed by atoms with E-state index in [0.717, 1.165) is 0 Å². The van der Waals surface area contributed by atoms with Crippen LogP contribution >= 0.6 is 0 Å². The molecule has 0 amide bonds. The van der Waals surface area contributed by atoms with Crippen LogP contribution in [0.15, 0.2) is 17.8 Å². The molecule has 4 nitrogen and oxygen atoms in total. The van der Waals surface area contributed by atoms with Crippen LogP contribution < -0.4 is 5.43 Å². The molecule has 0 atom stereocenters. The van der Waals surface area contributed by atoms with Crippen molar-refractivity contribution >= 4 is 11.7 Å². The highest BCUT2D eigenvalue weighted by Gasteiger charge is 1.98. The Kier molecular flexibility index (Phi) is 3.95. The van der Waals surface area contributed by atoms with Crippen LogP contribution in [0.2, 0.25) is 0 Å². The number of nitrogens with one attached hydrogen (secondary N) is 1. The van der Waals surface area contributed by atoms with Crippen molar-refractivity contribution in [3.63, 3.8) is 0 Å². The Balaban J connectivity index is 3.68. The van der Waals surface area contributed by atoms with Gasteiger partial charge in [-0.1, -0.05) is 6.08 Å². The fraction of sp³-hybridized carbons (Fsp3) is 0.333. The van der Waals surface area contributed by atoms with Crippen molar-refractivity contribution in [1.29, 1.82) is 0 Å². The van der Waals surface area contributed by atoms with Gasteiger partial charge in [-0.2, -0.15) is 5.10 Å². The highest BCUT2D eigenvalue weighted by molar-refractivity contribution is 6.34. The molecule has 0 aliphatic rings. The first-order chi connectivity index (χ1) is 4.68. The van der Waals surface area contributed by atoms with Gasteiger partial charge in [0, 0.05) is 0 Å². The molecule has 0 aliphatic heterocycles. The highest BCUT2D eigenvalue weighted by Crippen LogP contribution is 1.73. The summed E-state index contributed by atoms with van der Waals surface area (Å²) < 4.78 is 0. The first kappa shape index (κ1) is 8.68. The zero-order valence-corrected chi connectivity index (χ0v) is 5.79. The number of hydrazone groups is 1. The van der Waals surface area contributed by atoms with Crippen LogP contribution in [0.25, 0.3) is 0 Å². The van der Waals surface area contributed by atoms with Gasteiger partial charge in [0.1, 0.15) is 5.71 Å². The maximum Gasteiger partial charge on any atom is 0.351 e. The smallest absolute Gasteiger partial charge is 0.351 e. The van der Waals surface area contributed by atoms with Gasteiger partial charge in [-0.25, -0.2) is 4.79 Å². The Labute approximate surface area is 59.2 Å². The normalized spacial score (nSPS) is 10.7. The zero-order valence-electron chi connectivity index (χ0n) is 5.79. The second-order valence-electron chi connectivity index (χ2n) is 1.65. The number of rotatable bonds is 4. The van der Waals surface area contributed by atoms with E-state index >= 15 is 0 Å². The van der Waals surface area contributed by atoms with Crippen LogP contribution in [0.3, 0.4) is 0 Å².